The Labute approximate surface area is 180 Å². The summed E-state index contributed by atoms with van der Waals surface area (Å²) in [4.78, 5) is 21.4. The lowest BCUT2D eigenvalue weighted by atomic mass is 10.2. The average Bonchev–Trinajstić information content (AvgIpc) is 3.26. The lowest BCUT2D eigenvalue weighted by Gasteiger charge is -2.09. The van der Waals surface area contributed by atoms with Gasteiger partial charge >= 0.3 is 0 Å². The molecule has 3 heterocycles. The number of imidazole rings is 1. The Balaban J connectivity index is 0.00000210. The minimum atomic E-state index is -0.181. The predicted molar refractivity (Wildman–Crippen MR) is 115 cm³/mol. The highest BCUT2D eigenvalue weighted by Gasteiger charge is 2.22. The van der Waals surface area contributed by atoms with Crippen molar-refractivity contribution in [1.29, 1.82) is 0 Å². The van der Waals surface area contributed by atoms with Gasteiger partial charge in [-0.2, -0.15) is 0 Å². The van der Waals surface area contributed by atoms with Crippen LogP contribution in [0.1, 0.15) is 43.0 Å². The first-order chi connectivity index (χ1) is 13.2. The number of fused-ring (bicyclic) bond motifs is 1. The molecule has 3 aromatic rings. The summed E-state index contributed by atoms with van der Waals surface area (Å²) in [6, 6.07) is 0. The number of nitrogens with two attached hydrogens (primary N) is 2. The number of aryl methyl sites for hydroxylation is 1. The first-order valence-corrected chi connectivity index (χ1v) is 9.08. The number of carbonyl (C=O) groups excluding carboxylic acids is 1. The Kier molecular flexibility index (Phi) is 9.79. The van der Waals surface area contributed by atoms with Crippen molar-refractivity contribution in [2.24, 2.45) is 5.73 Å². The molecule has 0 aromatic carbocycles. The van der Waals surface area contributed by atoms with Crippen LogP contribution in [0.25, 0.3) is 22.6 Å². The number of unbranched alkanes of at least 4 members (excludes halogenated alkanes) is 3. The van der Waals surface area contributed by atoms with E-state index in [-0.39, 0.29) is 36.5 Å². The van der Waals surface area contributed by atoms with Gasteiger partial charge in [0, 0.05) is 19.3 Å². The van der Waals surface area contributed by atoms with E-state index in [1.807, 2.05) is 11.5 Å². The molecule has 3 aromatic heterocycles. The third-order valence-corrected chi connectivity index (χ3v) is 4.35. The summed E-state index contributed by atoms with van der Waals surface area (Å²) in [5.41, 5.74) is 13.4. The largest absolute Gasteiger partial charge is 0.379 e. The van der Waals surface area contributed by atoms with E-state index in [1.54, 1.807) is 12.4 Å². The van der Waals surface area contributed by atoms with E-state index in [9.17, 15) is 4.79 Å². The standard InChI is InChI=1S/C17H24N8O2.2ClH/c1-2-25-14-11(17(26)21-8-6-4-3-5-7-18)9-20-10-12(14)22-16(25)13-15(19)24-27-23-13;;/h9-10H,2-8,18H2,1H3,(H2,19,24)(H,21,26);2*1H. The molecule has 0 aliphatic rings. The number of rotatable bonds is 9. The van der Waals surface area contributed by atoms with Crippen LogP contribution >= 0.6 is 24.8 Å². The van der Waals surface area contributed by atoms with Crippen molar-refractivity contribution in [3.05, 3.63) is 18.0 Å². The van der Waals surface area contributed by atoms with Gasteiger partial charge in [-0.05, 0) is 36.6 Å². The Hall–Kier alpha value is -2.43. The Bertz CT molecular complexity index is 927. The van der Waals surface area contributed by atoms with Gasteiger partial charge in [0.25, 0.3) is 5.91 Å². The normalized spacial score (nSPS) is 10.4. The first kappa shape index (κ1) is 24.6. The highest BCUT2D eigenvalue weighted by atomic mass is 35.5. The lowest BCUT2D eigenvalue weighted by molar-refractivity contribution is 0.0954. The molecule has 1 amide bonds. The van der Waals surface area contributed by atoms with E-state index in [1.165, 1.54) is 0 Å². The molecule has 12 heteroatoms. The van der Waals surface area contributed by atoms with E-state index >= 15 is 0 Å². The molecule has 0 aliphatic heterocycles. The van der Waals surface area contributed by atoms with Crippen LogP contribution in [-0.4, -0.2) is 43.8 Å². The van der Waals surface area contributed by atoms with Gasteiger partial charge in [0.1, 0.15) is 5.52 Å². The number of nitrogen functional groups attached to an aromatic ring is 1. The summed E-state index contributed by atoms with van der Waals surface area (Å²) in [6.45, 7) is 3.83. The molecular formula is C17H26Cl2N8O2. The van der Waals surface area contributed by atoms with E-state index in [4.69, 9.17) is 11.5 Å². The van der Waals surface area contributed by atoms with Crippen LogP contribution in [0.2, 0.25) is 0 Å². The monoisotopic (exact) mass is 444 g/mol. The molecule has 5 N–H and O–H groups in total. The van der Waals surface area contributed by atoms with Crippen LogP contribution in [0.5, 0.6) is 0 Å². The summed E-state index contributed by atoms with van der Waals surface area (Å²) in [6.07, 6.45) is 7.19. The van der Waals surface area contributed by atoms with Gasteiger partial charge in [0.2, 0.25) is 0 Å². The summed E-state index contributed by atoms with van der Waals surface area (Å²) in [7, 11) is 0. The van der Waals surface area contributed by atoms with E-state index < -0.39 is 0 Å². The number of aromatic nitrogens is 5. The number of carbonyl (C=O) groups is 1. The zero-order valence-corrected chi connectivity index (χ0v) is 17.8. The quantitative estimate of drug-likeness (QED) is 0.424. The Morgan fingerprint density at radius 3 is 2.59 bits per heavy atom. The Morgan fingerprint density at radius 1 is 1.17 bits per heavy atom. The molecule has 0 radical (unpaired) electrons. The minimum Gasteiger partial charge on any atom is -0.379 e. The maximum absolute atomic E-state index is 12.7. The number of pyridine rings is 1. The summed E-state index contributed by atoms with van der Waals surface area (Å²) >= 11 is 0. The molecule has 0 bridgehead atoms. The van der Waals surface area contributed by atoms with Crippen molar-refractivity contribution >= 4 is 47.6 Å². The van der Waals surface area contributed by atoms with E-state index in [0.29, 0.717) is 47.7 Å². The van der Waals surface area contributed by atoms with Crippen LogP contribution in [0.4, 0.5) is 5.82 Å². The molecule has 0 atom stereocenters. The maximum atomic E-state index is 12.7. The molecule has 0 saturated heterocycles. The van der Waals surface area contributed by atoms with Crippen molar-refractivity contribution < 1.29 is 9.42 Å². The molecule has 0 unspecified atom stereocenters. The first-order valence-electron chi connectivity index (χ1n) is 9.08. The van der Waals surface area contributed by atoms with Gasteiger partial charge < -0.3 is 21.4 Å². The topological polar surface area (TPSA) is 151 Å². The van der Waals surface area contributed by atoms with E-state index in [0.717, 1.165) is 25.7 Å². The molecule has 29 heavy (non-hydrogen) atoms. The third kappa shape index (κ3) is 5.34. The minimum absolute atomic E-state index is 0. The highest BCUT2D eigenvalue weighted by Crippen LogP contribution is 2.28. The van der Waals surface area contributed by atoms with Crippen LogP contribution in [0.15, 0.2) is 17.0 Å². The predicted octanol–water partition coefficient (Wildman–Crippen LogP) is 2.18. The fourth-order valence-electron chi connectivity index (χ4n) is 3.01. The van der Waals surface area contributed by atoms with Crippen molar-refractivity contribution in [1.82, 2.24) is 30.2 Å². The summed E-state index contributed by atoms with van der Waals surface area (Å²) < 4.78 is 6.55. The second-order valence-corrected chi connectivity index (χ2v) is 6.19. The smallest absolute Gasteiger partial charge is 0.255 e. The third-order valence-electron chi connectivity index (χ3n) is 4.35. The van der Waals surface area contributed by atoms with Crippen molar-refractivity contribution in [2.45, 2.75) is 39.2 Å². The van der Waals surface area contributed by atoms with Crippen molar-refractivity contribution in [2.75, 3.05) is 18.8 Å². The lowest BCUT2D eigenvalue weighted by Crippen LogP contribution is -2.25. The number of nitrogens with one attached hydrogen (secondary N) is 1. The molecule has 0 spiro atoms. The fraction of sp³-hybridized carbons (Fsp3) is 0.471. The SMILES string of the molecule is CCn1c(-c2nonc2N)nc2cncc(C(=O)NCCCCCCN)c21.Cl.Cl. The molecular weight excluding hydrogens is 419 g/mol. The van der Waals surface area contributed by atoms with Crippen LogP contribution < -0.4 is 16.8 Å². The Morgan fingerprint density at radius 2 is 1.93 bits per heavy atom. The number of hydrogen-bond acceptors (Lipinski definition) is 8. The number of halogens is 2. The van der Waals surface area contributed by atoms with Gasteiger partial charge in [-0.1, -0.05) is 12.8 Å². The molecule has 3 rings (SSSR count). The van der Waals surface area contributed by atoms with Gasteiger partial charge in [-0.25, -0.2) is 9.61 Å². The molecule has 0 fully saturated rings. The van der Waals surface area contributed by atoms with Gasteiger partial charge in [0.15, 0.2) is 17.3 Å². The molecule has 0 saturated carbocycles. The van der Waals surface area contributed by atoms with Crippen molar-refractivity contribution in [3.8, 4) is 11.5 Å². The van der Waals surface area contributed by atoms with Crippen molar-refractivity contribution in [3.63, 3.8) is 0 Å². The van der Waals surface area contributed by atoms with Gasteiger partial charge in [-0.3, -0.25) is 9.78 Å². The second kappa shape index (κ2) is 11.5. The fourth-order valence-corrected chi connectivity index (χ4v) is 3.01. The zero-order valence-electron chi connectivity index (χ0n) is 16.1. The van der Waals surface area contributed by atoms with Crippen LogP contribution in [0.3, 0.4) is 0 Å². The zero-order chi connectivity index (χ0) is 19.2. The molecule has 10 nitrogen and oxygen atoms in total. The number of nitrogens with zero attached hydrogens (tertiary/aromatic N) is 5. The second-order valence-electron chi connectivity index (χ2n) is 6.19. The average molecular weight is 445 g/mol. The molecule has 160 valence electrons. The number of anilines is 1. The van der Waals surface area contributed by atoms with Gasteiger partial charge in [-0.15, -0.1) is 24.8 Å². The van der Waals surface area contributed by atoms with E-state index in [2.05, 4.69) is 30.2 Å². The summed E-state index contributed by atoms with van der Waals surface area (Å²) in [5.74, 6) is 0.464. The maximum Gasteiger partial charge on any atom is 0.255 e. The summed E-state index contributed by atoms with van der Waals surface area (Å²) in [5, 5.41) is 10.4. The highest BCUT2D eigenvalue weighted by molar-refractivity contribution is 6.05. The van der Waals surface area contributed by atoms with Crippen LogP contribution in [-0.2, 0) is 6.54 Å². The number of hydrogen-bond donors (Lipinski definition) is 3. The van der Waals surface area contributed by atoms with Gasteiger partial charge in [0.05, 0.1) is 17.3 Å². The molecule has 0 aliphatic carbocycles. The number of amides is 1. The van der Waals surface area contributed by atoms with Crippen LogP contribution in [0, 0.1) is 0 Å².